The summed E-state index contributed by atoms with van der Waals surface area (Å²) in [6, 6.07) is 15.2. The molecular formula is C22H20N6O2. The fourth-order valence-corrected chi connectivity index (χ4v) is 3.69. The number of pyridine rings is 1. The van der Waals surface area contributed by atoms with E-state index in [1.807, 2.05) is 53.6 Å². The topological polar surface area (TPSA) is 86.0 Å². The van der Waals surface area contributed by atoms with Gasteiger partial charge in [0.15, 0.2) is 5.82 Å². The van der Waals surface area contributed by atoms with Crippen LogP contribution in [0.5, 0.6) is 5.88 Å². The molecule has 1 aliphatic heterocycles. The summed E-state index contributed by atoms with van der Waals surface area (Å²) in [4.78, 5) is 19.2. The molecule has 1 fully saturated rings. The number of fused-ring (bicyclic) bond motifs is 1. The molecule has 0 bridgehead atoms. The van der Waals surface area contributed by atoms with Crippen molar-refractivity contribution in [1.82, 2.24) is 29.9 Å². The van der Waals surface area contributed by atoms with Crippen molar-refractivity contribution < 1.29 is 9.53 Å². The highest BCUT2D eigenvalue weighted by molar-refractivity contribution is 6.05. The normalized spacial score (nSPS) is 14.7. The maximum Gasteiger partial charge on any atom is 0.273 e. The average Bonchev–Trinajstić information content (AvgIpc) is 3.34. The number of hydrogen-bond donors (Lipinski definition) is 0. The minimum absolute atomic E-state index is 0.000574. The summed E-state index contributed by atoms with van der Waals surface area (Å²) < 4.78 is 7.62. The van der Waals surface area contributed by atoms with Crippen LogP contribution in [0.15, 0.2) is 67.1 Å². The number of hydrogen-bond acceptors (Lipinski definition) is 6. The summed E-state index contributed by atoms with van der Waals surface area (Å²) in [5, 5.41) is 14.3. The number of aromatic nitrogens is 5. The Morgan fingerprint density at radius 2 is 1.83 bits per heavy atom. The molecule has 150 valence electrons. The minimum atomic E-state index is -0.0337. The number of benzene rings is 1. The second-order valence-electron chi connectivity index (χ2n) is 7.17. The van der Waals surface area contributed by atoms with E-state index >= 15 is 0 Å². The first-order valence-electron chi connectivity index (χ1n) is 9.91. The average molecular weight is 400 g/mol. The Balaban J connectivity index is 1.21. The fraction of sp³-hybridized carbons (Fsp3) is 0.227. The first kappa shape index (κ1) is 18.2. The molecule has 1 aliphatic rings. The number of ether oxygens (including phenoxy) is 1. The molecule has 0 saturated carbocycles. The molecule has 0 unspecified atom stereocenters. The summed E-state index contributed by atoms with van der Waals surface area (Å²) in [6.45, 7) is 1.24. The SMILES string of the molecule is O=C(c1nccc2ccccc12)N1CCC(Oc2ccc(-n3cccn3)nn2)CC1. The zero-order valence-corrected chi connectivity index (χ0v) is 16.3. The minimum Gasteiger partial charge on any atom is -0.473 e. The number of carbonyl (C=O) groups is 1. The van der Waals surface area contributed by atoms with Crippen molar-refractivity contribution in [3.8, 4) is 11.7 Å². The van der Waals surface area contributed by atoms with Crippen LogP contribution >= 0.6 is 0 Å². The van der Waals surface area contributed by atoms with Gasteiger partial charge in [0, 0.05) is 56.0 Å². The van der Waals surface area contributed by atoms with E-state index < -0.39 is 0 Å². The maximum absolute atomic E-state index is 13.0. The van der Waals surface area contributed by atoms with Gasteiger partial charge in [-0.1, -0.05) is 24.3 Å². The van der Waals surface area contributed by atoms with Gasteiger partial charge in [-0.3, -0.25) is 9.78 Å². The molecule has 0 N–H and O–H groups in total. The third kappa shape index (κ3) is 3.59. The van der Waals surface area contributed by atoms with Gasteiger partial charge in [-0.15, -0.1) is 10.2 Å². The summed E-state index contributed by atoms with van der Waals surface area (Å²) in [5.41, 5.74) is 0.507. The summed E-state index contributed by atoms with van der Waals surface area (Å²) >= 11 is 0. The molecule has 0 radical (unpaired) electrons. The van der Waals surface area contributed by atoms with Gasteiger partial charge in [0.05, 0.1) is 0 Å². The Morgan fingerprint density at radius 1 is 0.967 bits per heavy atom. The lowest BCUT2D eigenvalue weighted by molar-refractivity contribution is 0.0582. The molecule has 3 aromatic heterocycles. The molecule has 0 atom stereocenters. The molecule has 30 heavy (non-hydrogen) atoms. The predicted octanol–water partition coefficient (Wildman–Crippen LogP) is 2.89. The van der Waals surface area contributed by atoms with E-state index in [1.165, 1.54) is 0 Å². The number of likely N-dealkylation sites (tertiary alicyclic amines) is 1. The van der Waals surface area contributed by atoms with E-state index in [9.17, 15) is 4.79 Å². The van der Waals surface area contributed by atoms with Gasteiger partial charge in [0.25, 0.3) is 5.91 Å². The van der Waals surface area contributed by atoms with Crippen LogP contribution in [0.4, 0.5) is 0 Å². The van der Waals surface area contributed by atoms with Crippen LogP contribution in [-0.2, 0) is 0 Å². The van der Waals surface area contributed by atoms with Crippen LogP contribution in [-0.4, -0.2) is 55.0 Å². The van der Waals surface area contributed by atoms with Crippen LogP contribution in [0.3, 0.4) is 0 Å². The third-order valence-electron chi connectivity index (χ3n) is 5.26. The van der Waals surface area contributed by atoms with Gasteiger partial charge in [-0.2, -0.15) is 5.10 Å². The predicted molar refractivity (Wildman–Crippen MR) is 110 cm³/mol. The number of piperidine rings is 1. The lowest BCUT2D eigenvalue weighted by Crippen LogP contribution is -2.42. The van der Waals surface area contributed by atoms with Crippen molar-refractivity contribution in [2.45, 2.75) is 18.9 Å². The van der Waals surface area contributed by atoms with Crippen molar-refractivity contribution >= 4 is 16.7 Å². The highest BCUT2D eigenvalue weighted by Gasteiger charge is 2.26. The van der Waals surface area contributed by atoms with Crippen molar-refractivity contribution in [2.24, 2.45) is 0 Å². The Bertz CT molecular complexity index is 1150. The van der Waals surface area contributed by atoms with Crippen LogP contribution < -0.4 is 4.74 Å². The van der Waals surface area contributed by atoms with Gasteiger partial charge in [0.2, 0.25) is 5.88 Å². The standard InChI is InChI=1S/C22H20N6O2/c29-22(21-18-5-2-1-4-16(18)8-12-23-21)27-14-9-17(10-15-27)30-20-7-6-19(25-26-20)28-13-3-11-24-28/h1-8,11-13,17H,9-10,14-15H2. The number of carbonyl (C=O) groups excluding carboxylic acids is 1. The van der Waals surface area contributed by atoms with E-state index in [0.29, 0.717) is 30.5 Å². The van der Waals surface area contributed by atoms with Crippen LogP contribution in [0.25, 0.3) is 16.6 Å². The lowest BCUT2D eigenvalue weighted by atomic mass is 10.1. The summed E-state index contributed by atoms with van der Waals surface area (Å²) in [5.74, 6) is 1.08. The van der Waals surface area contributed by atoms with Gasteiger partial charge in [-0.25, -0.2) is 4.68 Å². The molecule has 8 heteroatoms. The largest absolute Gasteiger partial charge is 0.473 e. The van der Waals surface area contributed by atoms with E-state index in [4.69, 9.17) is 4.74 Å². The highest BCUT2D eigenvalue weighted by Crippen LogP contribution is 2.22. The number of amides is 1. The van der Waals surface area contributed by atoms with Crippen molar-refractivity contribution in [1.29, 1.82) is 0 Å². The molecule has 8 nitrogen and oxygen atoms in total. The second-order valence-corrected chi connectivity index (χ2v) is 7.17. The molecule has 4 heterocycles. The Hall–Kier alpha value is -3.81. The van der Waals surface area contributed by atoms with E-state index in [1.54, 1.807) is 23.1 Å². The highest BCUT2D eigenvalue weighted by atomic mass is 16.5. The molecule has 0 spiro atoms. The molecule has 4 aromatic rings. The molecule has 5 rings (SSSR count). The maximum atomic E-state index is 13.0. The second kappa shape index (κ2) is 7.90. The van der Waals surface area contributed by atoms with Gasteiger partial charge >= 0.3 is 0 Å². The first-order chi connectivity index (χ1) is 14.8. The summed E-state index contributed by atoms with van der Waals surface area (Å²) in [7, 11) is 0. The van der Waals surface area contributed by atoms with Crippen molar-refractivity contribution in [3.63, 3.8) is 0 Å². The third-order valence-corrected chi connectivity index (χ3v) is 5.26. The summed E-state index contributed by atoms with van der Waals surface area (Å²) in [6.07, 6.45) is 6.66. The Labute approximate surface area is 173 Å². The number of rotatable bonds is 4. The van der Waals surface area contributed by atoms with Crippen molar-refractivity contribution in [3.05, 3.63) is 72.8 Å². The lowest BCUT2D eigenvalue weighted by Gasteiger charge is -2.31. The van der Waals surface area contributed by atoms with Crippen molar-refractivity contribution in [2.75, 3.05) is 13.1 Å². The Morgan fingerprint density at radius 3 is 2.60 bits per heavy atom. The van der Waals surface area contributed by atoms with Gasteiger partial charge in [0.1, 0.15) is 11.8 Å². The van der Waals surface area contributed by atoms with Crippen LogP contribution in [0, 0.1) is 0 Å². The molecule has 1 amide bonds. The quantitative estimate of drug-likeness (QED) is 0.524. The molecule has 1 saturated heterocycles. The zero-order chi connectivity index (χ0) is 20.3. The first-order valence-corrected chi connectivity index (χ1v) is 9.91. The smallest absolute Gasteiger partial charge is 0.273 e. The van der Waals surface area contributed by atoms with Crippen LogP contribution in [0.1, 0.15) is 23.3 Å². The van der Waals surface area contributed by atoms with Gasteiger partial charge in [-0.05, 0) is 23.6 Å². The molecule has 1 aromatic carbocycles. The van der Waals surface area contributed by atoms with E-state index in [2.05, 4.69) is 20.3 Å². The van der Waals surface area contributed by atoms with E-state index in [0.717, 1.165) is 23.6 Å². The Kier molecular flexibility index (Phi) is 4.80. The monoisotopic (exact) mass is 400 g/mol. The molecular weight excluding hydrogens is 380 g/mol. The zero-order valence-electron chi connectivity index (χ0n) is 16.3. The molecule has 0 aliphatic carbocycles. The fourth-order valence-electron chi connectivity index (χ4n) is 3.69. The number of nitrogens with zero attached hydrogens (tertiary/aromatic N) is 6. The van der Waals surface area contributed by atoms with Gasteiger partial charge < -0.3 is 9.64 Å². The van der Waals surface area contributed by atoms with E-state index in [-0.39, 0.29) is 12.0 Å². The van der Waals surface area contributed by atoms with Crippen LogP contribution in [0.2, 0.25) is 0 Å².